The van der Waals surface area contributed by atoms with Crippen LogP contribution in [0.5, 0.6) is 0 Å². The minimum absolute atomic E-state index is 0.240. The van der Waals surface area contributed by atoms with Crippen molar-refractivity contribution in [3.63, 3.8) is 0 Å². The van der Waals surface area contributed by atoms with E-state index >= 15 is 0 Å². The molecule has 0 aliphatic carbocycles. The van der Waals surface area contributed by atoms with E-state index in [-0.39, 0.29) is 10.9 Å². The molecule has 0 unspecified atom stereocenters. The van der Waals surface area contributed by atoms with Crippen molar-refractivity contribution in [2.45, 2.75) is 32.6 Å². The number of aryl methyl sites for hydroxylation is 1. The molecule has 0 fully saturated rings. The van der Waals surface area contributed by atoms with Crippen molar-refractivity contribution in [1.82, 2.24) is 10.2 Å². The van der Waals surface area contributed by atoms with Crippen LogP contribution in [0.15, 0.2) is 18.2 Å². The van der Waals surface area contributed by atoms with Crippen molar-refractivity contribution < 1.29 is 4.79 Å². The number of hydrogen-bond donors (Lipinski definition) is 1. The number of nitrogens with one attached hydrogen (secondary N) is 1. The van der Waals surface area contributed by atoms with Gasteiger partial charge in [0.15, 0.2) is 0 Å². The third-order valence-corrected chi connectivity index (χ3v) is 4.60. The summed E-state index contributed by atoms with van der Waals surface area (Å²) in [7, 11) is 0. The SMILES string of the molecule is CCCCCc1nnc(NC(=O)c2cccc(Cl)c2Cl)s1. The summed E-state index contributed by atoms with van der Waals surface area (Å²) in [5.41, 5.74) is 0.326. The van der Waals surface area contributed by atoms with Crippen LogP contribution in [-0.2, 0) is 6.42 Å². The number of amides is 1. The second-order valence-electron chi connectivity index (χ2n) is 4.51. The summed E-state index contributed by atoms with van der Waals surface area (Å²) >= 11 is 13.3. The summed E-state index contributed by atoms with van der Waals surface area (Å²) in [5.74, 6) is -0.334. The van der Waals surface area contributed by atoms with E-state index in [1.807, 2.05) is 0 Å². The highest BCUT2D eigenvalue weighted by Gasteiger charge is 2.14. The van der Waals surface area contributed by atoms with Crippen LogP contribution < -0.4 is 5.32 Å². The third-order valence-electron chi connectivity index (χ3n) is 2.88. The lowest BCUT2D eigenvalue weighted by atomic mass is 10.2. The maximum atomic E-state index is 12.1. The largest absolute Gasteiger partial charge is 0.296 e. The predicted molar refractivity (Wildman–Crippen MR) is 87.6 cm³/mol. The van der Waals surface area contributed by atoms with E-state index in [4.69, 9.17) is 23.2 Å². The highest BCUT2D eigenvalue weighted by molar-refractivity contribution is 7.15. The van der Waals surface area contributed by atoms with Gasteiger partial charge in [0.25, 0.3) is 5.91 Å². The highest BCUT2D eigenvalue weighted by atomic mass is 35.5. The van der Waals surface area contributed by atoms with Gasteiger partial charge in [-0.05, 0) is 18.6 Å². The summed E-state index contributed by atoms with van der Waals surface area (Å²) in [6.45, 7) is 2.15. The average molecular weight is 344 g/mol. The molecule has 1 heterocycles. The molecule has 0 aliphatic heterocycles. The molecule has 1 aromatic carbocycles. The fourth-order valence-corrected chi connectivity index (χ4v) is 2.94. The second kappa shape index (κ2) is 7.73. The smallest absolute Gasteiger partial charge is 0.259 e. The number of rotatable bonds is 6. The average Bonchev–Trinajstić information content (AvgIpc) is 2.89. The number of benzene rings is 1. The number of anilines is 1. The van der Waals surface area contributed by atoms with Crippen LogP contribution in [0.25, 0.3) is 0 Å². The molecule has 2 rings (SSSR count). The first-order chi connectivity index (χ1) is 10.1. The standard InChI is InChI=1S/C14H15Cl2N3OS/c1-2-3-4-8-11-18-19-14(21-11)17-13(20)9-6-5-7-10(15)12(9)16/h5-7H,2-4,8H2,1H3,(H,17,19,20). The maximum absolute atomic E-state index is 12.1. The van der Waals surface area contributed by atoms with Gasteiger partial charge in [0.05, 0.1) is 15.6 Å². The van der Waals surface area contributed by atoms with Crippen molar-refractivity contribution in [2.24, 2.45) is 0 Å². The molecule has 0 spiro atoms. The van der Waals surface area contributed by atoms with E-state index in [1.165, 1.54) is 17.8 Å². The molecule has 0 bridgehead atoms. The Hall–Kier alpha value is -1.17. The van der Waals surface area contributed by atoms with E-state index in [2.05, 4.69) is 22.4 Å². The molecule has 21 heavy (non-hydrogen) atoms. The summed E-state index contributed by atoms with van der Waals surface area (Å²) < 4.78 is 0. The monoisotopic (exact) mass is 343 g/mol. The number of halogens is 2. The predicted octanol–water partition coefficient (Wildman–Crippen LogP) is 4.83. The van der Waals surface area contributed by atoms with Gasteiger partial charge in [0, 0.05) is 6.42 Å². The van der Waals surface area contributed by atoms with Crippen molar-refractivity contribution in [3.8, 4) is 0 Å². The molecule has 112 valence electrons. The molecule has 1 aromatic heterocycles. The molecule has 0 atom stereocenters. The van der Waals surface area contributed by atoms with Crippen molar-refractivity contribution in [1.29, 1.82) is 0 Å². The van der Waals surface area contributed by atoms with Crippen molar-refractivity contribution in [3.05, 3.63) is 38.8 Å². The Bertz CT molecular complexity index is 630. The molecule has 1 N–H and O–H groups in total. The van der Waals surface area contributed by atoms with E-state index < -0.39 is 0 Å². The summed E-state index contributed by atoms with van der Waals surface area (Å²) in [4.78, 5) is 12.1. The summed E-state index contributed by atoms with van der Waals surface area (Å²) in [6, 6.07) is 4.93. The first-order valence-corrected chi connectivity index (χ1v) is 8.26. The number of carbonyl (C=O) groups is 1. The van der Waals surface area contributed by atoms with Gasteiger partial charge in [-0.25, -0.2) is 0 Å². The zero-order valence-corrected chi connectivity index (χ0v) is 13.9. The molecule has 1 amide bonds. The van der Waals surface area contributed by atoms with Crippen LogP contribution in [0.2, 0.25) is 10.0 Å². The lowest BCUT2D eigenvalue weighted by Gasteiger charge is -2.04. The first-order valence-electron chi connectivity index (χ1n) is 6.69. The van der Waals surface area contributed by atoms with Crippen LogP contribution in [0.1, 0.15) is 41.6 Å². The Balaban J connectivity index is 2.01. The van der Waals surface area contributed by atoms with Gasteiger partial charge < -0.3 is 0 Å². The van der Waals surface area contributed by atoms with Crippen LogP contribution >= 0.6 is 34.5 Å². The van der Waals surface area contributed by atoms with Crippen LogP contribution in [0.3, 0.4) is 0 Å². The number of nitrogens with zero attached hydrogens (tertiary/aromatic N) is 2. The molecule has 0 saturated heterocycles. The Morgan fingerprint density at radius 2 is 2.10 bits per heavy atom. The first kappa shape index (κ1) is 16.2. The molecular formula is C14H15Cl2N3OS. The fourth-order valence-electron chi connectivity index (χ4n) is 1.77. The van der Waals surface area contributed by atoms with Crippen molar-refractivity contribution in [2.75, 3.05) is 5.32 Å². The van der Waals surface area contributed by atoms with E-state index in [1.54, 1.807) is 18.2 Å². The van der Waals surface area contributed by atoms with Gasteiger partial charge in [-0.1, -0.05) is 60.4 Å². The van der Waals surface area contributed by atoms with Crippen LogP contribution in [-0.4, -0.2) is 16.1 Å². The zero-order valence-electron chi connectivity index (χ0n) is 11.5. The molecule has 4 nitrogen and oxygen atoms in total. The molecule has 0 radical (unpaired) electrons. The second-order valence-corrected chi connectivity index (χ2v) is 6.36. The summed E-state index contributed by atoms with van der Waals surface area (Å²) in [6.07, 6.45) is 4.30. The normalized spacial score (nSPS) is 10.6. The van der Waals surface area contributed by atoms with Crippen LogP contribution in [0.4, 0.5) is 5.13 Å². The zero-order chi connectivity index (χ0) is 15.2. The maximum Gasteiger partial charge on any atom is 0.259 e. The molecule has 2 aromatic rings. The van der Waals surface area contributed by atoms with Gasteiger partial charge in [-0.3, -0.25) is 10.1 Å². The van der Waals surface area contributed by atoms with Crippen LogP contribution in [0, 0.1) is 0 Å². The summed E-state index contributed by atoms with van der Waals surface area (Å²) in [5, 5.41) is 12.7. The minimum atomic E-state index is -0.334. The molecule has 0 saturated carbocycles. The number of hydrogen-bond acceptors (Lipinski definition) is 4. The topological polar surface area (TPSA) is 54.9 Å². The molecular weight excluding hydrogens is 329 g/mol. The van der Waals surface area contributed by atoms with Gasteiger partial charge in [-0.15, -0.1) is 10.2 Å². The Morgan fingerprint density at radius 1 is 1.29 bits per heavy atom. The Morgan fingerprint density at radius 3 is 2.86 bits per heavy atom. The van der Waals surface area contributed by atoms with E-state index in [0.717, 1.165) is 24.3 Å². The van der Waals surface area contributed by atoms with Crippen molar-refractivity contribution >= 4 is 45.6 Å². The molecule has 0 aliphatic rings. The minimum Gasteiger partial charge on any atom is -0.296 e. The highest BCUT2D eigenvalue weighted by Crippen LogP contribution is 2.26. The van der Waals surface area contributed by atoms with E-state index in [0.29, 0.717) is 15.7 Å². The van der Waals surface area contributed by atoms with Gasteiger partial charge in [-0.2, -0.15) is 0 Å². The Labute approximate surface area is 137 Å². The third kappa shape index (κ3) is 4.40. The Kier molecular flexibility index (Phi) is 5.96. The van der Waals surface area contributed by atoms with Gasteiger partial charge >= 0.3 is 0 Å². The quantitative estimate of drug-likeness (QED) is 0.764. The molecule has 7 heteroatoms. The lowest BCUT2D eigenvalue weighted by Crippen LogP contribution is -2.12. The number of aromatic nitrogens is 2. The fraction of sp³-hybridized carbons (Fsp3) is 0.357. The van der Waals surface area contributed by atoms with Gasteiger partial charge in [0.1, 0.15) is 5.01 Å². The number of carbonyl (C=O) groups excluding carboxylic acids is 1. The number of unbranched alkanes of at least 4 members (excludes halogenated alkanes) is 2. The van der Waals surface area contributed by atoms with E-state index in [9.17, 15) is 4.79 Å². The van der Waals surface area contributed by atoms with Gasteiger partial charge in [0.2, 0.25) is 5.13 Å². The lowest BCUT2D eigenvalue weighted by molar-refractivity contribution is 0.102.